The zero-order chi connectivity index (χ0) is 14.4. The van der Waals surface area contributed by atoms with E-state index in [2.05, 4.69) is 12.2 Å². The lowest BCUT2D eigenvalue weighted by Crippen LogP contribution is -2.32. The molecule has 2 atom stereocenters. The zero-order valence-electron chi connectivity index (χ0n) is 12.0. The van der Waals surface area contributed by atoms with E-state index in [4.69, 9.17) is 14.2 Å². The molecule has 4 nitrogen and oxygen atoms in total. The lowest BCUT2D eigenvalue weighted by Gasteiger charge is -2.17. The van der Waals surface area contributed by atoms with Crippen molar-refractivity contribution in [3.05, 3.63) is 29.6 Å². The Morgan fingerprint density at radius 1 is 1.50 bits per heavy atom. The van der Waals surface area contributed by atoms with Crippen LogP contribution in [0.25, 0.3) is 0 Å². The lowest BCUT2D eigenvalue weighted by atomic mass is 10.2. The van der Waals surface area contributed by atoms with Crippen LogP contribution in [0.1, 0.15) is 18.9 Å². The van der Waals surface area contributed by atoms with Crippen LogP contribution in [0.4, 0.5) is 4.39 Å². The Kier molecular flexibility index (Phi) is 5.76. The minimum Gasteiger partial charge on any atom is -0.494 e. The van der Waals surface area contributed by atoms with Gasteiger partial charge in [0.15, 0.2) is 11.6 Å². The third-order valence-corrected chi connectivity index (χ3v) is 3.34. The molecule has 0 spiro atoms. The van der Waals surface area contributed by atoms with E-state index < -0.39 is 0 Å². The first-order valence-electron chi connectivity index (χ1n) is 6.94. The van der Waals surface area contributed by atoms with Crippen molar-refractivity contribution in [1.29, 1.82) is 0 Å². The number of benzene rings is 1. The predicted octanol–water partition coefficient (Wildman–Crippen LogP) is 2.12. The smallest absolute Gasteiger partial charge is 0.165 e. The minimum atomic E-state index is -0.339. The first-order valence-corrected chi connectivity index (χ1v) is 6.94. The van der Waals surface area contributed by atoms with Gasteiger partial charge in [-0.15, -0.1) is 0 Å². The number of ether oxygens (including phenoxy) is 3. The van der Waals surface area contributed by atoms with E-state index in [-0.39, 0.29) is 23.7 Å². The Labute approximate surface area is 119 Å². The normalized spacial score (nSPS) is 20.1. The first-order chi connectivity index (χ1) is 9.69. The van der Waals surface area contributed by atoms with Crippen LogP contribution in [-0.4, -0.2) is 39.1 Å². The molecule has 1 saturated heterocycles. The predicted molar refractivity (Wildman–Crippen MR) is 74.4 cm³/mol. The molecule has 0 amide bonds. The van der Waals surface area contributed by atoms with Gasteiger partial charge in [0, 0.05) is 19.2 Å². The molecule has 0 aromatic heterocycles. The summed E-state index contributed by atoms with van der Waals surface area (Å²) in [5.41, 5.74) is 0.985. The molecule has 2 rings (SSSR count). The molecule has 1 heterocycles. The summed E-state index contributed by atoms with van der Waals surface area (Å²) in [6.07, 6.45) is 1.20. The maximum absolute atomic E-state index is 13.3. The number of nitrogens with one attached hydrogen (secondary N) is 1. The van der Waals surface area contributed by atoms with E-state index in [0.717, 1.165) is 18.6 Å². The van der Waals surface area contributed by atoms with Gasteiger partial charge >= 0.3 is 0 Å². The lowest BCUT2D eigenvalue weighted by molar-refractivity contribution is 0.0322. The SMILES string of the molecule is COc1cc(CN[C@@H](C)CO[C@@H]2CCOC2)ccc1F. The fourth-order valence-electron chi connectivity index (χ4n) is 2.09. The summed E-state index contributed by atoms with van der Waals surface area (Å²) in [6, 6.07) is 5.11. The second-order valence-electron chi connectivity index (χ2n) is 5.07. The molecule has 5 heteroatoms. The molecular formula is C15H22FNO3. The van der Waals surface area contributed by atoms with Crippen molar-refractivity contribution < 1.29 is 18.6 Å². The van der Waals surface area contributed by atoms with Gasteiger partial charge in [-0.05, 0) is 31.0 Å². The number of hydrogen-bond acceptors (Lipinski definition) is 4. The monoisotopic (exact) mass is 283 g/mol. The highest BCUT2D eigenvalue weighted by molar-refractivity contribution is 5.30. The molecule has 0 bridgehead atoms. The van der Waals surface area contributed by atoms with Crippen LogP contribution >= 0.6 is 0 Å². The molecule has 1 aromatic rings. The molecule has 0 aliphatic carbocycles. The fourth-order valence-corrected chi connectivity index (χ4v) is 2.09. The van der Waals surface area contributed by atoms with Gasteiger partial charge < -0.3 is 19.5 Å². The van der Waals surface area contributed by atoms with Crippen molar-refractivity contribution >= 4 is 0 Å². The Hall–Kier alpha value is -1.17. The summed E-state index contributed by atoms with van der Waals surface area (Å²) in [5, 5.41) is 3.35. The minimum absolute atomic E-state index is 0.227. The number of halogens is 1. The van der Waals surface area contributed by atoms with Crippen LogP contribution in [0.2, 0.25) is 0 Å². The van der Waals surface area contributed by atoms with Gasteiger partial charge in [0.1, 0.15) is 0 Å². The molecule has 0 saturated carbocycles. The summed E-state index contributed by atoms with van der Waals surface area (Å²) in [4.78, 5) is 0. The summed E-state index contributed by atoms with van der Waals surface area (Å²) < 4.78 is 29.3. The van der Waals surface area contributed by atoms with E-state index in [1.54, 1.807) is 12.1 Å². The number of rotatable bonds is 7. The van der Waals surface area contributed by atoms with Crippen LogP contribution in [0.3, 0.4) is 0 Å². The first kappa shape index (κ1) is 15.2. The molecule has 112 valence electrons. The van der Waals surface area contributed by atoms with Gasteiger partial charge in [-0.2, -0.15) is 0 Å². The molecule has 1 fully saturated rings. The van der Waals surface area contributed by atoms with E-state index in [1.807, 2.05) is 0 Å². The van der Waals surface area contributed by atoms with Crippen molar-refractivity contribution in [1.82, 2.24) is 5.32 Å². The van der Waals surface area contributed by atoms with Crippen molar-refractivity contribution in [2.24, 2.45) is 0 Å². The van der Waals surface area contributed by atoms with Crippen LogP contribution in [-0.2, 0) is 16.0 Å². The van der Waals surface area contributed by atoms with Gasteiger partial charge in [0.25, 0.3) is 0 Å². The third kappa shape index (κ3) is 4.44. The Balaban J connectivity index is 1.73. The summed E-state index contributed by atoms with van der Waals surface area (Å²) >= 11 is 0. The Morgan fingerprint density at radius 2 is 2.35 bits per heavy atom. The number of hydrogen-bond donors (Lipinski definition) is 1. The second kappa shape index (κ2) is 7.57. The van der Waals surface area contributed by atoms with Gasteiger partial charge in [0.05, 0.1) is 26.4 Å². The summed E-state index contributed by atoms with van der Waals surface area (Å²) in [7, 11) is 1.47. The molecule has 1 aliphatic heterocycles. The highest BCUT2D eigenvalue weighted by Gasteiger charge is 2.16. The average Bonchev–Trinajstić information content (AvgIpc) is 2.97. The molecule has 0 unspecified atom stereocenters. The Morgan fingerprint density at radius 3 is 3.05 bits per heavy atom. The number of methoxy groups -OCH3 is 1. The van der Waals surface area contributed by atoms with Crippen LogP contribution in [0.15, 0.2) is 18.2 Å². The highest BCUT2D eigenvalue weighted by Crippen LogP contribution is 2.18. The van der Waals surface area contributed by atoms with E-state index in [1.165, 1.54) is 13.2 Å². The van der Waals surface area contributed by atoms with Gasteiger partial charge in [0.2, 0.25) is 0 Å². The van der Waals surface area contributed by atoms with Crippen LogP contribution in [0, 0.1) is 5.82 Å². The van der Waals surface area contributed by atoms with Gasteiger partial charge in [-0.3, -0.25) is 0 Å². The summed E-state index contributed by atoms with van der Waals surface area (Å²) in [5.74, 6) is -0.0647. The largest absolute Gasteiger partial charge is 0.494 e. The standard InChI is InChI=1S/C15H22FNO3/c1-11(9-20-13-5-6-19-10-13)17-8-12-3-4-14(16)15(7-12)18-2/h3-4,7,11,13,17H,5-6,8-10H2,1-2H3/t11-,13+/m0/s1. The topological polar surface area (TPSA) is 39.7 Å². The molecule has 20 heavy (non-hydrogen) atoms. The zero-order valence-corrected chi connectivity index (χ0v) is 12.0. The third-order valence-electron chi connectivity index (χ3n) is 3.34. The second-order valence-corrected chi connectivity index (χ2v) is 5.07. The molecule has 1 aliphatic rings. The van der Waals surface area contributed by atoms with Crippen LogP contribution in [0.5, 0.6) is 5.75 Å². The van der Waals surface area contributed by atoms with Gasteiger partial charge in [-0.1, -0.05) is 6.07 Å². The Bertz CT molecular complexity index is 422. The van der Waals surface area contributed by atoms with E-state index in [0.29, 0.717) is 19.8 Å². The fraction of sp³-hybridized carbons (Fsp3) is 0.600. The molecular weight excluding hydrogens is 261 g/mol. The van der Waals surface area contributed by atoms with E-state index >= 15 is 0 Å². The van der Waals surface area contributed by atoms with E-state index in [9.17, 15) is 4.39 Å². The molecule has 1 N–H and O–H groups in total. The van der Waals surface area contributed by atoms with Crippen molar-refractivity contribution in [3.63, 3.8) is 0 Å². The van der Waals surface area contributed by atoms with Crippen LogP contribution < -0.4 is 10.1 Å². The highest BCUT2D eigenvalue weighted by atomic mass is 19.1. The molecule has 0 radical (unpaired) electrons. The maximum Gasteiger partial charge on any atom is 0.165 e. The van der Waals surface area contributed by atoms with Crippen molar-refractivity contribution in [3.8, 4) is 5.75 Å². The quantitative estimate of drug-likeness (QED) is 0.832. The van der Waals surface area contributed by atoms with Crippen molar-refractivity contribution in [2.45, 2.75) is 32.0 Å². The maximum atomic E-state index is 13.3. The molecule has 1 aromatic carbocycles. The van der Waals surface area contributed by atoms with Crippen molar-refractivity contribution in [2.75, 3.05) is 26.9 Å². The summed E-state index contributed by atoms with van der Waals surface area (Å²) in [6.45, 7) is 4.86. The van der Waals surface area contributed by atoms with Gasteiger partial charge in [-0.25, -0.2) is 4.39 Å². The average molecular weight is 283 g/mol.